The number of alkyl halides is 2. The number of hydrogen-bond donors (Lipinski definition) is 1. The highest BCUT2D eigenvalue weighted by atomic mass is 19.3. The van der Waals surface area contributed by atoms with E-state index in [-0.39, 0.29) is 23.9 Å². The van der Waals surface area contributed by atoms with Crippen molar-refractivity contribution in [2.75, 3.05) is 39.3 Å². The molecule has 0 bridgehead atoms. The Labute approximate surface area is 212 Å². The number of likely N-dealkylation sites (tertiary alicyclic amines) is 1. The summed E-state index contributed by atoms with van der Waals surface area (Å²) in [7, 11) is 0. The number of nitrogens with zero attached hydrogens (tertiary/aromatic N) is 4. The van der Waals surface area contributed by atoms with Gasteiger partial charge in [-0.2, -0.15) is 0 Å². The maximum atomic E-state index is 15.2. The first kappa shape index (κ1) is 25.4. The second kappa shape index (κ2) is 9.89. The van der Waals surface area contributed by atoms with Crippen molar-refractivity contribution in [2.24, 2.45) is 0 Å². The molecular weight excluding hydrogens is 464 g/mol. The van der Waals surface area contributed by atoms with Crippen molar-refractivity contribution in [2.45, 2.75) is 82.3 Å². The van der Waals surface area contributed by atoms with E-state index in [0.717, 1.165) is 37.3 Å². The molecule has 36 heavy (non-hydrogen) atoms. The summed E-state index contributed by atoms with van der Waals surface area (Å²) >= 11 is 0. The molecule has 3 fully saturated rings. The summed E-state index contributed by atoms with van der Waals surface area (Å²) < 4.78 is 36.3. The number of oxazole rings is 1. The Morgan fingerprint density at radius 1 is 1.08 bits per heavy atom. The van der Waals surface area contributed by atoms with Gasteiger partial charge in [0.15, 0.2) is 5.58 Å². The molecule has 2 aliphatic heterocycles. The first-order chi connectivity index (χ1) is 17.2. The molecule has 1 aromatic carbocycles. The lowest BCUT2D eigenvalue weighted by atomic mass is 9.80. The molecule has 1 saturated carbocycles. The average Bonchev–Trinajstić information content (AvgIpc) is 3.31. The van der Waals surface area contributed by atoms with Gasteiger partial charge in [-0.05, 0) is 51.7 Å². The van der Waals surface area contributed by atoms with Gasteiger partial charge in [0.2, 0.25) is 5.89 Å². The molecule has 1 aromatic heterocycles. The van der Waals surface area contributed by atoms with Crippen LogP contribution in [0, 0.1) is 0 Å². The van der Waals surface area contributed by atoms with E-state index in [4.69, 9.17) is 4.42 Å². The molecule has 0 spiro atoms. The lowest BCUT2D eigenvalue weighted by Gasteiger charge is -2.48. The van der Waals surface area contributed by atoms with Gasteiger partial charge in [-0.25, -0.2) is 18.6 Å². The highest BCUT2D eigenvalue weighted by Crippen LogP contribution is 2.38. The molecule has 7 nitrogen and oxygen atoms in total. The summed E-state index contributed by atoms with van der Waals surface area (Å²) in [5, 5.41) is 2.79. The van der Waals surface area contributed by atoms with Crippen LogP contribution in [0.4, 0.5) is 13.6 Å². The first-order valence-corrected chi connectivity index (χ1v) is 13.4. The fourth-order valence-electron chi connectivity index (χ4n) is 6.10. The highest BCUT2D eigenvalue weighted by molar-refractivity contribution is 5.75. The lowest BCUT2D eigenvalue weighted by Crippen LogP contribution is -2.66. The van der Waals surface area contributed by atoms with Crippen LogP contribution in [0.15, 0.2) is 28.7 Å². The first-order valence-electron chi connectivity index (χ1n) is 13.4. The average molecular weight is 504 g/mol. The van der Waals surface area contributed by atoms with Gasteiger partial charge in [0, 0.05) is 63.2 Å². The molecule has 0 radical (unpaired) electrons. The van der Waals surface area contributed by atoms with Crippen molar-refractivity contribution in [3.05, 3.63) is 30.2 Å². The van der Waals surface area contributed by atoms with Crippen LogP contribution in [0.1, 0.15) is 58.8 Å². The van der Waals surface area contributed by atoms with Crippen LogP contribution < -0.4 is 5.32 Å². The Kier molecular flexibility index (Phi) is 6.98. The molecule has 2 amide bonds. The third-order valence-corrected chi connectivity index (χ3v) is 8.64. The van der Waals surface area contributed by atoms with Crippen molar-refractivity contribution in [1.29, 1.82) is 0 Å². The minimum absolute atomic E-state index is 0.170. The van der Waals surface area contributed by atoms with E-state index in [0.29, 0.717) is 50.7 Å². The van der Waals surface area contributed by atoms with Gasteiger partial charge in [-0.3, -0.25) is 9.80 Å². The van der Waals surface area contributed by atoms with Gasteiger partial charge < -0.3 is 14.6 Å². The van der Waals surface area contributed by atoms with E-state index in [1.165, 1.54) is 0 Å². The highest BCUT2D eigenvalue weighted by Gasteiger charge is 2.50. The monoisotopic (exact) mass is 503 g/mol. The molecule has 2 atom stereocenters. The van der Waals surface area contributed by atoms with Crippen molar-refractivity contribution in [1.82, 2.24) is 25.0 Å². The predicted octanol–water partition coefficient (Wildman–Crippen LogP) is 4.47. The normalized spacial score (nSPS) is 27.4. The van der Waals surface area contributed by atoms with Crippen LogP contribution >= 0.6 is 0 Å². The number of piperidine rings is 1. The summed E-state index contributed by atoms with van der Waals surface area (Å²) in [5.74, 6) is -2.22. The van der Waals surface area contributed by atoms with Gasteiger partial charge >= 0.3 is 6.03 Å². The van der Waals surface area contributed by atoms with Crippen LogP contribution in [0.25, 0.3) is 11.1 Å². The van der Waals surface area contributed by atoms with Crippen molar-refractivity contribution in [3.8, 4) is 0 Å². The Bertz CT molecular complexity index is 1020. The standard InChI is InChI=1S/C27H39F2N5O2/c1-19(2)32-15-17-33(18-16-32)21-8-6-10-27(28,29)23(21)31-25(35)34-13-11-26(3,12-14-34)24-30-20-7-4-5-9-22(20)36-24/h4-5,7,9,19,21,23H,6,8,10-18H2,1-3H3,(H,31,35). The van der Waals surface area contributed by atoms with Gasteiger partial charge in [0.05, 0.1) is 0 Å². The zero-order chi connectivity index (χ0) is 25.5. The number of carbonyl (C=O) groups excluding carboxylic acids is 1. The largest absolute Gasteiger partial charge is 0.440 e. The second-order valence-electron chi connectivity index (χ2n) is 11.3. The van der Waals surface area contributed by atoms with Gasteiger partial charge in [0.25, 0.3) is 5.92 Å². The number of amides is 2. The Hall–Kier alpha value is -2.26. The third kappa shape index (κ3) is 4.96. The number of rotatable bonds is 4. The number of aromatic nitrogens is 1. The van der Waals surface area contributed by atoms with E-state index in [9.17, 15) is 4.79 Å². The number of fused-ring (bicyclic) bond motifs is 1. The summed E-state index contributed by atoms with van der Waals surface area (Å²) in [5.41, 5.74) is 1.30. The smallest absolute Gasteiger partial charge is 0.317 e. The Morgan fingerprint density at radius 2 is 1.78 bits per heavy atom. The number of halogens is 2. The number of hydrogen-bond acceptors (Lipinski definition) is 5. The summed E-state index contributed by atoms with van der Waals surface area (Å²) in [4.78, 5) is 24.1. The van der Waals surface area contributed by atoms with Gasteiger partial charge in [-0.15, -0.1) is 0 Å². The molecular formula is C27H39F2N5O2. The molecule has 9 heteroatoms. The molecule has 3 heterocycles. The Morgan fingerprint density at radius 3 is 2.44 bits per heavy atom. The fraction of sp³-hybridized carbons (Fsp3) is 0.704. The molecule has 2 saturated heterocycles. The molecule has 1 N–H and O–H groups in total. The van der Waals surface area contributed by atoms with Gasteiger partial charge in [0.1, 0.15) is 11.6 Å². The van der Waals surface area contributed by atoms with E-state index >= 15 is 8.78 Å². The summed E-state index contributed by atoms with van der Waals surface area (Å²) in [6.07, 6.45) is 2.36. The molecule has 2 unspecified atom stereocenters. The SMILES string of the molecule is CC(C)N1CCN(C2CCCC(F)(F)C2NC(=O)N2CCC(C)(c3nc4ccccc4o3)CC2)CC1. The quantitative estimate of drug-likeness (QED) is 0.667. The molecule has 198 valence electrons. The molecule has 1 aliphatic carbocycles. The van der Waals surface area contributed by atoms with Crippen LogP contribution in [0.5, 0.6) is 0 Å². The second-order valence-corrected chi connectivity index (χ2v) is 11.3. The number of urea groups is 1. The van der Waals surface area contributed by atoms with Crippen LogP contribution in [-0.4, -0.2) is 89.0 Å². The maximum Gasteiger partial charge on any atom is 0.317 e. The summed E-state index contributed by atoms with van der Waals surface area (Å²) in [6.45, 7) is 10.7. The van der Waals surface area contributed by atoms with Crippen molar-refractivity contribution < 1.29 is 18.0 Å². The van der Waals surface area contributed by atoms with Crippen molar-refractivity contribution in [3.63, 3.8) is 0 Å². The van der Waals surface area contributed by atoms with Gasteiger partial charge in [-0.1, -0.05) is 19.1 Å². The Balaban J connectivity index is 1.23. The maximum absolute atomic E-state index is 15.2. The zero-order valence-corrected chi connectivity index (χ0v) is 21.7. The number of carbonyl (C=O) groups is 1. The number of para-hydroxylation sites is 2. The number of nitrogens with one attached hydrogen (secondary N) is 1. The summed E-state index contributed by atoms with van der Waals surface area (Å²) in [6, 6.07) is 6.27. The molecule has 2 aromatic rings. The minimum atomic E-state index is -2.91. The lowest BCUT2D eigenvalue weighted by molar-refractivity contribution is -0.0973. The van der Waals surface area contributed by atoms with Crippen LogP contribution in [0.2, 0.25) is 0 Å². The molecule has 3 aliphatic rings. The van der Waals surface area contributed by atoms with Crippen LogP contribution in [0.3, 0.4) is 0 Å². The van der Waals surface area contributed by atoms with Crippen LogP contribution in [-0.2, 0) is 5.41 Å². The predicted molar refractivity (Wildman–Crippen MR) is 135 cm³/mol. The van der Waals surface area contributed by atoms with E-state index in [1.807, 2.05) is 24.3 Å². The molecule has 5 rings (SSSR count). The minimum Gasteiger partial charge on any atom is -0.440 e. The van der Waals surface area contributed by atoms with E-state index < -0.39 is 12.0 Å². The zero-order valence-electron chi connectivity index (χ0n) is 21.7. The number of piperazine rings is 1. The topological polar surface area (TPSA) is 64.8 Å². The van der Waals surface area contributed by atoms with E-state index in [2.05, 4.69) is 40.9 Å². The third-order valence-electron chi connectivity index (χ3n) is 8.64. The van der Waals surface area contributed by atoms with Crippen molar-refractivity contribution >= 4 is 17.1 Å². The number of benzene rings is 1. The fourth-order valence-corrected chi connectivity index (χ4v) is 6.10. The van der Waals surface area contributed by atoms with E-state index in [1.54, 1.807) is 4.90 Å².